The predicted molar refractivity (Wildman–Crippen MR) is 110 cm³/mol. The topological polar surface area (TPSA) is 133 Å². The van der Waals surface area contributed by atoms with E-state index < -0.39 is 5.91 Å². The van der Waals surface area contributed by atoms with Crippen LogP contribution in [-0.2, 0) is 12.0 Å². The van der Waals surface area contributed by atoms with Gasteiger partial charge in [-0.05, 0) is 19.4 Å². The van der Waals surface area contributed by atoms with Gasteiger partial charge in [-0.1, -0.05) is 20.8 Å². The Balaban J connectivity index is 1.41. The van der Waals surface area contributed by atoms with Crippen LogP contribution in [0.4, 0.5) is 0 Å². The molecular weight excluding hydrogens is 384 g/mol. The van der Waals surface area contributed by atoms with Crippen LogP contribution >= 0.6 is 0 Å². The summed E-state index contributed by atoms with van der Waals surface area (Å²) in [4.78, 5) is 39.2. The molecule has 1 saturated heterocycles. The van der Waals surface area contributed by atoms with Gasteiger partial charge in [0.1, 0.15) is 23.5 Å². The third kappa shape index (κ3) is 4.38. The highest BCUT2D eigenvalue weighted by atomic mass is 16.3. The molecule has 1 fully saturated rings. The van der Waals surface area contributed by atoms with E-state index >= 15 is 0 Å². The molecule has 10 nitrogen and oxygen atoms in total. The molecule has 1 atom stereocenters. The number of amides is 1. The minimum absolute atomic E-state index is 0.00682. The Morgan fingerprint density at radius 2 is 2.13 bits per heavy atom. The molecule has 0 aliphatic carbocycles. The molecule has 0 spiro atoms. The number of hydrogen-bond donors (Lipinski definition) is 3. The highest BCUT2D eigenvalue weighted by Gasteiger charge is 2.24. The molecule has 1 amide bonds. The van der Waals surface area contributed by atoms with Gasteiger partial charge in [0.15, 0.2) is 17.1 Å². The molecule has 4 rings (SSSR count). The molecule has 1 aliphatic heterocycles. The summed E-state index contributed by atoms with van der Waals surface area (Å²) < 4.78 is 0. The summed E-state index contributed by atoms with van der Waals surface area (Å²) in [5.74, 6) is 0.976. The van der Waals surface area contributed by atoms with E-state index in [2.05, 4.69) is 60.9 Å². The van der Waals surface area contributed by atoms with Crippen molar-refractivity contribution in [2.24, 2.45) is 0 Å². The highest BCUT2D eigenvalue weighted by molar-refractivity contribution is 5.94. The molecular formula is C20H26N8O2. The Kier molecular flexibility index (Phi) is 5.33. The first kappa shape index (κ1) is 20.1. The lowest BCUT2D eigenvalue weighted by Gasteiger charge is -2.32. The third-order valence-corrected chi connectivity index (χ3v) is 5.08. The number of imidazole rings is 1. The van der Waals surface area contributed by atoms with Crippen molar-refractivity contribution < 1.29 is 9.90 Å². The fourth-order valence-corrected chi connectivity index (χ4v) is 3.57. The summed E-state index contributed by atoms with van der Waals surface area (Å²) in [5, 5.41) is 12.7. The lowest BCUT2D eigenvalue weighted by molar-refractivity contribution is 0.0891. The number of piperidine rings is 1. The first-order valence-corrected chi connectivity index (χ1v) is 10.0. The number of H-pyrrole nitrogens is 1. The monoisotopic (exact) mass is 410 g/mol. The van der Waals surface area contributed by atoms with Crippen LogP contribution in [-0.4, -0.2) is 64.9 Å². The Morgan fingerprint density at radius 3 is 2.90 bits per heavy atom. The maximum absolute atomic E-state index is 12.4. The Hall–Kier alpha value is -3.14. The van der Waals surface area contributed by atoms with E-state index in [-0.39, 0.29) is 22.9 Å². The number of rotatable bonds is 4. The number of carbonyl (C=O) groups excluding carboxylic acids is 1. The molecule has 10 heteroatoms. The zero-order valence-electron chi connectivity index (χ0n) is 17.4. The summed E-state index contributed by atoms with van der Waals surface area (Å²) in [6, 6.07) is -0.0303. The van der Waals surface area contributed by atoms with Gasteiger partial charge in [0.05, 0.1) is 18.9 Å². The summed E-state index contributed by atoms with van der Waals surface area (Å²) in [6.07, 6.45) is 6.07. The van der Waals surface area contributed by atoms with Gasteiger partial charge in [0.25, 0.3) is 5.91 Å². The van der Waals surface area contributed by atoms with Crippen molar-refractivity contribution in [1.29, 1.82) is 0 Å². The zero-order valence-corrected chi connectivity index (χ0v) is 17.4. The average molecular weight is 410 g/mol. The quantitative estimate of drug-likeness (QED) is 0.590. The average Bonchev–Trinajstić information content (AvgIpc) is 3.09. The van der Waals surface area contributed by atoms with Crippen LogP contribution in [0.2, 0.25) is 0 Å². The molecule has 4 heterocycles. The number of aromatic hydroxyl groups is 1. The maximum Gasteiger partial charge on any atom is 0.274 e. The van der Waals surface area contributed by atoms with Crippen molar-refractivity contribution in [1.82, 2.24) is 40.1 Å². The fourth-order valence-electron chi connectivity index (χ4n) is 3.57. The standard InChI is InChI=1S/C20H26N8O2/c1-20(2,3)19-22-7-13-17(27-19)26-15(25-13)10-28-6-4-5-12(9-28)24-18(30)16-14(29)8-21-11-23-16/h7-8,11-12,29H,4-6,9-10H2,1-3H3,(H,24,30)(H,22,25,26,27). The molecule has 3 N–H and O–H groups in total. The van der Waals surface area contributed by atoms with Gasteiger partial charge >= 0.3 is 0 Å². The minimum Gasteiger partial charge on any atom is -0.504 e. The smallest absolute Gasteiger partial charge is 0.274 e. The van der Waals surface area contributed by atoms with Gasteiger partial charge in [-0.2, -0.15) is 0 Å². The van der Waals surface area contributed by atoms with Gasteiger partial charge in [0.2, 0.25) is 0 Å². The zero-order chi connectivity index (χ0) is 21.3. The van der Waals surface area contributed by atoms with Crippen LogP contribution in [0.15, 0.2) is 18.7 Å². The van der Waals surface area contributed by atoms with Crippen molar-refractivity contribution in [3.63, 3.8) is 0 Å². The second kappa shape index (κ2) is 7.94. The fraction of sp³-hybridized carbons (Fsp3) is 0.500. The first-order valence-electron chi connectivity index (χ1n) is 10.0. The molecule has 0 saturated carbocycles. The van der Waals surface area contributed by atoms with Gasteiger partial charge in [-0.15, -0.1) is 0 Å². The van der Waals surface area contributed by atoms with Crippen LogP contribution < -0.4 is 5.32 Å². The number of likely N-dealkylation sites (tertiary alicyclic amines) is 1. The van der Waals surface area contributed by atoms with E-state index in [0.717, 1.165) is 36.6 Å². The number of hydrogen-bond acceptors (Lipinski definition) is 8. The van der Waals surface area contributed by atoms with E-state index in [0.29, 0.717) is 18.7 Å². The molecule has 1 unspecified atom stereocenters. The van der Waals surface area contributed by atoms with E-state index in [4.69, 9.17) is 0 Å². The number of carbonyl (C=O) groups is 1. The van der Waals surface area contributed by atoms with Crippen LogP contribution in [0.5, 0.6) is 5.75 Å². The SMILES string of the molecule is CC(C)(C)c1ncc2[nH]c(CN3CCCC(NC(=O)c4ncncc4O)C3)nc2n1. The molecule has 1 aliphatic rings. The lowest BCUT2D eigenvalue weighted by Crippen LogP contribution is -2.47. The Labute approximate surface area is 174 Å². The predicted octanol–water partition coefficient (Wildman–Crippen LogP) is 1.54. The van der Waals surface area contributed by atoms with Crippen LogP contribution in [0, 0.1) is 0 Å². The van der Waals surface area contributed by atoms with E-state index in [1.165, 1.54) is 12.5 Å². The number of fused-ring (bicyclic) bond motifs is 1. The van der Waals surface area contributed by atoms with E-state index in [1.54, 1.807) is 6.20 Å². The normalized spacial score (nSPS) is 17.9. The van der Waals surface area contributed by atoms with Crippen molar-refractivity contribution in [2.45, 2.75) is 51.6 Å². The molecule has 30 heavy (non-hydrogen) atoms. The Bertz CT molecular complexity index is 1060. The number of aromatic amines is 1. The van der Waals surface area contributed by atoms with Crippen LogP contribution in [0.25, 0.3) is 11.2 Å². The number of aromatic nitrogens is 6. The third-order valence-electron chi connectivity index (χ3n) is 5.08. The second-order valence-corrected chi connectivity index (χ2v) is 8.67. The molecule has 0 radical (unpaired) electrons. The van der Waals surface area contributed by atoms with E-state index in [1.807, 2.05) is 0 Å². The summed E-state index contributed by atoms with van der Waals surface area (Å²) in [7, 11) is 0. The number of nitrogens with zero attached hydrogens (tertiary/aromatic N) is 6. The molecule has 3 aromatic rings. The van der Waals surface area contributed by atoms with Gasteiger partial charge < -0.3 is 15.4 Å². The summed E-state index contributed by atoms with van der Waals surface area (Å²) in [6.45, 7) is 8.46. The first-order chi connectivity index (χ1) is 14.3. The highest BCUT2D eigenvalue weighted by Crippen LogP contribution is 2.20. The maximum atomic E-state index is 12.4. The van der Waals surface area contributed by atoms with Crippen LogP contribution in [0.1, 0.15) is 55.8 Å². The van der Waals surface area contributed by atoms with Crippen molar-refractivity contribution in [2.75, 3.05) is 13.1 Å². The summed E-state index contributed by atoms with van der Waals surface area (Å²) >= 11 is 0. The molecule has 0 bridgehead atoms. The number of nitrogens with one attached hydrogen (secondary N) is 2. The molecule has 0 aromatic carbocycles. The van der Waals surface area contributed by atoms with E-state index in [9.17, 15) is 9.90 Å². The largest absolute Gasteiger partial charge is 0.504 e. The Morgan fingerprint density at radius 1 is 1.30 bits per heavy atom. The second-order valence-electron chi connectivity index (χ2n) is 8.67. The van der Waals surface area contributed by atoms with Gasteiger partial charge in [-0.3, -0.25) is 9.69 Å². The van der Waals surface area contributed by atoms with Crippen molar-refractivity contribution in [3.8, 4) is 5.75 Å². The lowest BCUT2D eigenvalue weighted by atomic mass is 9.96. The molecule has 158 valence electrons. The van der Waals surface area contributed by atoms with Gasteiger partial charge in [-0.25, -0.2) is 24.9 Å². The summed E-state index contributed by atoms with van der Waals surface area (Å²) in [5.41, 5.74) is 1.35. The van der Waals surface area contributed by atoms with Gasteiger partial charge in [0, 0.05) is 18.0 Å². The van der Waals surface area contributed by atoms with Crippen molar-refractivity contribution in [3.05, 3.63) is 36.1 Å². The van der Waals surface area contributed by atoms with Crippen molar-refractivity contribution >= 4 is 17.1 Å². The molecule has 3 aromatic heterocycles. The van der Waals surface area contributed by atoms with Crippen LogP contribution in [0.3, 0.4) is 0 Å². The minimum atomic E-state index is -0.393.